The zero-order valence-electron chi connectivity index (χ0n) is 17.0. The zero-order valence-corrected chi connectivity index (χ0v) is 17.0. The van der Waals surface area contributed by atoms with Crippen molar-refractivity contribution in [2.24, 2.45) is 0 Å². The van der Waals surface area contributed by atoms with E-state index in [1.807, 2.05) is 37.3 Å². The number of esters is 1. The second kappa shape index (κ2) is 8.66. The van der Waals surface area contributed by atoms with E-state index in [1.165, 1.54) is 0 Å². The summed E-state index contributed by atoms with van der Waals surface area (Å²) >= 11 is 0. The number of carbonyl (C=O) groups excluding carboxylic acids is 2. The molecule has 0 aliphatic carbocycles. The molecule has 4 rings (SSSR count). The zero-order chi connectivity index (χ0) is 21.8. The molecule has 0 spiro atoms. The predicted molar refractivity (Wildman–Crippen MR) is 113 cm³/mol. The maximum absolute atomic E-state index is 12.9. The summed E-state index contributed by atoms with van der Waals surface area (Å²) in [7, 11) is 0. The first kappa shape index (κ1) is 20.1. The first-order chi connectivity index (χ1) is 15.0. The number of carbonyl (C=O) groups is 2. The summed E-state index contributed by atoms with van der Waals surface area (Å²) in [4.78, 5) is 25.6. The van der Waals surface area contributed by atoms with Gasteiger partial charge < -0.3 is 14.6 Å². The highest BCUT2D eigenvalue weighted by Crippen LogP contribution is 2.23. The van der Waals surface area contributed by atoms with Crippen molar-refractivity contribution in [3.63, 3.8) is 0 Å². The Hall–Kier alpha value is -4.20. The van der Waals surface area contributed by atoms with Crippen LogP contribution in [-0.2, 0) is 9.53 Å². The number of nitrogens with one attached hydrogen (secondary N) is 2. The number of nitrogens with zero attached hydrogens (tertiary/aromatic N) is 2. The molecule has 1 unspecified atom stereocenters. The van der Waals surface area contributed by atoms with Crippen molar-refractivity contribution >= 4 is 17.7 Å². The second-order valence-electron chi connectivity index (χ2n) is 7.04. The number of amides is 1. The lowest BCUT2D eigenvalue weighted by molar-refractivity contribution is -0.125. The van der Waals surface area contributed by atoms with E-state index in [0.717, 1.165) is 11.1 Å². The van der Waals surface area contributed by atoms with Gasteiger partial charge in [-0.25, -0.2) is 4.79 Å². The second-order valence-corrected chi connectivity index (χ2v) is 7.04. The van der Waals surface area contributed by atoms with E-state index in [4.69, 9.17) is 9.26 Å². The fourth-order valence-electron chi connectivity index (χ4n) is 2.99. The Morgan fingerprint density at radius 3 is 2.45 bits per heavy atom. The number of H-pyrrole nitrogens is 1. The Morgan fingerprint density at radius 1 is 1.03 bits per heavy atom. The van der Waals surface area contributed by atoms with Gasteiger partial charge in [-0.3, -0.25) is 9.89 Å². The van der Waals surface area contributed by atoms with Crippen molar-refractivity contribution in [2.75, 3.05) is 5.32 Å². The molecular weight excluding hydrogens is 396 g/mol. The molecule has 2 N–H and O–H groups in total. The van der Waals surface area contributed by atoms with Crippen LogP contribution in [0.1, 0.15) is 33.5 Å². The lowest BCUT2D eigenvalue weighted by atomic mass is 10.1. The summed E-state index contributed by atoms with van der Waals surface area (Å²) in [6.07, 6.45) is -1.18. The standard InChI is InChI=1S/C23H20N4O4/c1-14-8-10-16(11-9-14)18-13-19(26-25-18)23(29)30-21(17-6-4-3-5-7-17)22(28)24-20-12-15(2)31-27-20/h3-13,21H,1-2H3,(H,25,26)(H,24,27,28). The van der Waals surface area contributed by atoms with E-state index >= 15 is 0 Å². The van der Waals surface area contributed by atoms with Crippen LogP contribution in [0.15, 0.2) is 71.3 Å². The van der Waals surface area contributed by atoms with Gasteiger partial charge in [0.1, 0.15) is 11.5 Å². The van der Waals surface area contributed by atoms with Crippen LogP contribution in [0, 0.1) is 13.8 Å². The minimum atomic E-state index is -1.18. The van der Waals surface area contributed by atoms with Gasteiger partial charge in [0.2, 0.25) is 6.10 Å². The molecular formula is C23H20N4O4. The Morgan fingerprint density at radius 2 is 1.77 bits per heavy atom. The summed E-state index contributed by atoms with van der Waals surface area (Å²) in [6.45, 7) is 3.70. The van der Waals surface area contributed by atoms with Crippen LogP contribution in [0.3, 0.4) is 0 Å². The average Bonchev–Trinajstić information content (AvgIpc) is 3.42. The van der Waals surface area contributed by atoms with E-state index < -0.39 is 18.0 Å². The Labute approximate surface area is 178 Å². The fourth-order valence-corrected chi connectivity index (χ4v) is 2.99. The summed E-state index contributed by atoms with van der Waals surface area (Å²) in [5.41, 5.74) is 3.25. The third-order valence-corrected chi connectivity index (χ3v) is 4.59. The molecule has 0 bridgehead atoms. The van der Waals surface area contributed by atoms with Crippen LogP contribution in [0.5, 0.6) is 0 Å². The SMILES string of the molecule is Cc1ccc(-c2cc(C(=O)OC(C(=O)Nc3cc(C)on3)c3ccccc3)[nH]n2)cc1. The molecule has 1 amide bonds. The van der Waals surface area contributed by atoms with Crippen molar-refractivity contribution in [2.45, 2.75) is 20.0 Å². The number of aromatic nitrogens is 3. The molecule has 8 nitrogen and oxygen atoms in total. The van der Waals surface area contributed by atoms with Gasteiger partial charge in [-0.05, 0) is 19.9 Å². The van der Waals surface area contributed by atoms with Gasteiger partial charge in [0.25, 0.3) is 5.91 Å². The molecule has 156 valence electrons. The topological polar surface area (TPSA) is 110 Å². The number of aromatic amines is 1. The first-order valence-electron chi connectivity index (χ1n) is 9.62. The van der Waals surface area contributed by atoms with E-state index in [1.54, 1.807) is 43.3 Å². The largest absolute Gasteiger partial charge is 0.443 e. The molecule has 31 heavy (non-hydrogen) atoms. The van der Waals surface area contributed by atoms with Crippen LogP contribution in [0.4, 0.5) is 5.82 Å². The van der Waals surface area contributed by atoms with Gasteiger partial charge in [-0.2, -0.15) is 5.10 Å². The number of aryl methyl sites for hydroxylation is 2. The van der Waals surface area contributed by atoms with E-state index in [-0.39, 0.29) is 11.5 Å². The molecule has 1 atom stereocenters. The smallest absolute Gasteiger partial charge is 0.357 e. The predicted octanol–water partition coefficient (Wildman–Crippen LogP) is 4.22. The molecule has 8 heteroatoms. The highest BCUT2D eigenvalue weighted by Gasteiger charge is 2.27. The number of rotatable bonds is 6. The number of benzene rings is 2. The molecule has 2 heterocycles. The van der Waals surface area contributed by atoms with Crippen molar-refractivity contribution in [3.05, 3.63) is 89.3 Å². The normalized spacial score (nSPS) is 11.7. The summed E-state index contributed by atoms with van der Waals surface area (Å²) < 4.78 is 10.5. The van der Waals surface area contributed by atoms with Crippen LogP contribution in [0.25, 0.3) is 11.3 Å². The Balaban J connectivity index is 1.54. The quantitative estimate of drug-likeness (QED) is 0.456. The number of hydrogen-bond donors (Lipinski definition) is 2. The van der Waals surface area contributed by atoms with E-state index in [2.05, 4.69) is 20.7 Å². The molecule has 0 saturated carbocycles. The van der Waals surface area contributed by atoms with Crippen molar-refractivity contribution in [1.29, 1.82) is 0 Å². The highest BCUT2D eigenvalue weighted by atomic mass is 16.5. The van der Waals surface area contributed by atoms with Crippen LogP contribution >= 0.6 is 0 Å². The first-order valence-corrected chi connectivity index (χ1v) is 9.62. The Kier molecular flexibility index (Phi) is 5.61. The maximum atomic E-state index is 12.9. The van der Waals surface area contributed by atoms with Crippen LogP contribution in [0.2, 0.25) is 0 Å². The molecule has 0 saturated heterocycles. The van der Waals surface area contributed by atoms with Crippen LogP contribution < -0.4 is 5.32 Å². The minimum absolute atomic E-state index is 0.140. The number of hydrogen-bond acceptors (Lipinski definition) is 6. The Bertz CT molecular complexity index is 1200. The van der Waals surface area contributed by atoms with E-state index in [9.17, 15) is 9.59 Å². The van der Waals surface area contributed by atoms with Gasteiger partial charge in [0, 0.05) is 17.2 Å². The molecule has 2 aromatic carbocycles. The molecule has 0 aliphatic heterocycles. The lowest BCUT2D eigenvalue weighted by Gasteiger charge is -2.16. The van der Waals surface area contributed by atoms with E-state index in [0.29, 0.717) is 17.0 Å². The molecule has 0 fully saturated rings. The summed E-state index contributed by atoms with van der Waals surface area (Å²) in [5.74, 6) is -0.468. The highest BCUT2D eigenvalue weighted by molar-refractivity contribution is 5.97. The third-order valence-electron chi connectivity index (χ3n) is 4.59. The maximum Gasteiger partial charge on any atom is 0.357 e. The van der Waals surface area contributed by atoms with Crippen molar-refractivity contribution < 1.29 is 18.8 Å². The van der Waals surface area contributed by atoms with Gasteiger partial charge in [0.15, 0.2) is 5.82 Å². The van der Waals surface area contributed by atoms with Crippen molar-refractivity contribution in [1.82, 2.24) is 15.4 Å². The minimum Gasteiger partial charge on any atom is -0.443 e. The van der Waals surface area contributed by atoms with Gasteiger partial charge in [-0.15, -0.1) is 0 Å². The van der Waals surface area contributed by atoms with Gasteiger partial charge >= 0.3 is 5.97 Å². The summed E-state index contributed by atoms with van der Waals surface area (Å²) in [6, 6.07) is 19.7. The lowest BCUT2D eigenvalue weighted by Crippen LogP contribution is -2.26. The molecule has 0 aliphatic rings. The van der Waals surface area contributed by atoms with Gasteiger partial charge in [0.05, 0.1) is 5.69 Å². The van der Waals surface area contributed by atoms with Crippen LogP contribution in [-0.4, -0.2) is 27.2 Å². The summed E-state index contributed by atoms with van der Waals surface area (Å²) in [5, 5.41) is 13.2. The van der Waals surface area contributed by atoms with Crippen molar-refractivity contribution in [3.8, 4) is 11.3 Å². The monoisotopic (exact) mass is 416 g/mol. The third kappa shape index (κ3) is 4.69. The molecule has 2 aromatic heterocycles. The molecule has 4 aromatic rings. The van der Waals surface area contributed by atoms with Gasteiger partial charge in [-0.1, -0.05) is 65.3 Å². The number of ether oxygens (including phenoxy) is 1. The molecule has 0 radical (unpaired) electrons. The average molecular weight is 416 g/mol. The fraction of sp³-hybridized carbons (Fsp3) is 0.130. The number of anilines is 1.